The molecule has 11 aromatic rings. The lowest BCUT2D eigenvalue weighted by Gasteiger charge is -2.12. The van der Waals surface area contributed by atoms with E-state index in [1.54, 1.807) is 85.2 Å². The van der Waals surface area contributed by atoms with Gasteiger partial charge in [-0.2, -0.15) is 0 Å². The molecule has 0 bridgehead atoms. The summed E-state index contributed by atoms with van der Waals surface area (Å²) < 4.78 is 116. The Bertz CT molecular complexity index is 4910. The van der Waals surface area contributed by atoms with Crippen LogP contribution in [0.2, 0.25) is 0 Å². The second-order valence-corrected chi connectivity index (χ2v) is 22.0. The Kier molecular flexibility index (Phi) is 22.1. The summed E-state index contributed by atoms with van der Waals surface area (Å²) in [6.45, 7) is 0. The molecule has 5 heterocycles. The molecule has 0 aliphatic carbocycles. The van der Waals surface area contributed by atoms with Crippen LogP contribution < -0.4 is 64.6 Å². The molecule has 9 aromatic carbocycles. The Labute approximate surface area is 567 Å². The molecule has 0 radical (unpaired) electrons. The Hall–Kier alpha value is -13.7. The van der Waals surface area contributed by atoms with Crippen LogP contribution in [-0.4, -0.2) is 46.0 Å². The highest BCUT2D eigenvalue weighted by Crippen LogP contribution is 2.37. The third-order valence-electron chi connectivity index (χ3n) is 14.4. The molecule has 7 amide bonds. The summed E-state index contributed by atoms with van der Waals surface area (Å²) in [4.78, 5) is 75.1. The van der Waals surface area contributed by atoms with Gasteiger partial charge in [-0.05, 0) is 132 Å². The number of anilines is 15. The van der Waals surface area contributed by atoms with E-state index in [0.29, 0.717) is 82.5 Å². The maximum atomic E-state index is 13.4. The smallest absolute Gasteiger partial charge is 0.323 e. The van der Waals surface area contributed by atoms with E-state index in [9.17, 15) is 68.3 Å². The van der Waals surface area contributed by atoms with Crippen molar-refractivity contribution in [1.29, 1.82) is 0 Å². The van der Waals surface area contributed by atoms with Crippen LogP contribution >= 0.6 is 0 Å². The predicted molar refractivity (Wildman–Crippen MR) is 370 cm³/mol. The van der Waals surface area contributed by atoms with E-state index in [2.05, 4.69) is 63.1 Å². The van der Waals surface area contributed by atoms with E-state index in [0.717, 1.165) is 74.9 Å². The summed E-state index contributed by atoms with van der Waals surface area (Å²) in [6, 6.07) is 47.7. The van der Waals surface area contributed by atoms with Crippen LogP contribution in [0.1, 0.15) is 32.9 Å². The first-order valence-electron chi connectivity index (χ1n) is 29.9. The zero-order valence-corrected chi connectivity index (χ0v) is 52.1. The van der Waals surface area contributed by atoms with Gasteiger partial charge in [0, 0.05) is 140 Å². The molecule has 3 aliphatic heterocycles. The lowest BCUT2D eigenvalue weighted by Crippen LogP contribution is -2.19. The SMILES string of the molecule is Nc1cc(F)c(F)c(F)c1.Nc1cccc(Nc2ccc3c(c2)NC(=O)C3)c1.O=C(Nc1cccc(Nc2ccc3c(c2)NC(=O)/C3=C\c2ccc[nH]2)c1)Nc1cc(F)c(F)c(F)c1.O=C1Cc2ccc(Nc3cccc(NC(=O)Nc4cc(F)c(F)c(F)c4)c3)cc2N1.O=Cc1ccc[nH]1. The van der Waals surface area contributed by atoms with E-state index in [1.807, 2.05) is 84.9 Å². The number of nitrogen functional groups attached to an aromatic ring is 2. The van der Waals surface area contributed by atoms with Gasteiger partial charge in [-0.3, -0.25) is 19.2 Å². The molecule has 0 saturated heterocycles. The van der Waals surface area contributed by atoms with Crippen molar-refractivity contribution in [2.45, 2.75) is 12.8 Å². The van der Waals surface area contributed by atoms with Crippen LogP contribution in [0.4, 0.5) is 134 Å². The summed E-state index contributed by atoms with van der Waals surface area (Å²) in [7, 11) is 0. The van der Waals surface area contributed by atoms with Crippen LogP contribution in [0.15, 0.2) is 200 Å². The summed E-state index contributed by atoms with van der Waals surface area (Å²) in [6.07, 6.45) is 6.87. The minimum atomic E-state index is -1.61. The Balaban J connectivity index is 0.000000151. The molecule has 0 fully saturated rings. The van der Waals surface area contributed by atoms with Crippen molar-refractivity contribution in [3.05, 3.63) is 281 Å². The number of hydrogen-bond donors (Lipinski definition) is 14. The van der Waals surface area contributed by atoms with Gasteiger partial charge in [0.1, 0.15) is 0 Å². The van der Waals surface area contributed by atoms with Crippen molar-refractivity contribution in [1.82, 2.24) is 9.97 Å². The lowest BCUT2D eigenvalue weighted by molar-refractivity contribution is -0.115. The number of halogens is 9. The van der Waals surface area contributed by atoms with Gasteiger partial charge in [0.25, 0.3) is 5.91 Å². The molecular weight excluding hydrogens is 1330 g/mol. The number of carbonyl (C=O) groups is 6. The molecule has 3 aliphatic rings. The number of benzene rings is 9. The second kappa shape index (κ2) is 31.9. The average Bonchev–Trinajstić information content (AvgIpc) is 1.65. The number of H-pyrrole nitrogens is 2. The van der Waals surface area contributed by atoms with Crippen molar-refractivity contribution < 1.29 is 68.3 Å². The summed E-state index contributed by atoms with van der Waals surface area (Å²) in [5.74, 6) is -13.1. The number of rotatable bonds is 12. The summed E-state index contributed by atoms with van der Waals surface area (Å²) in [5.41, 5.74) is 23.3. The Morgan fingerprint density at radius 2 is 0.762 bits per heavy atom. The van der Waals surface area contributed by atoms with E-state index < -0.39 is 64.4 Å². The number of hydrogen-bond acceptors (Lipinski definition) is 11. The van der Waals surface area contributed by atoms with Crippen LogP contribution in [0, 0.1) is 52.4 Å². The first kappa shape index (κ1) is 70.1. The lowest BCUT2D eigenvalue weighted by atomic mass is 10.1. The summed E-state index contributed by atoms with van der Waals surface area (Å²) in [5, 5.41) is 27.7. The number of carbonyl (C=O) groups excluding carboxylic acids is 6. The highest BCUT2D eigenvalue weighted by Gasteiger charge is 2.25. The molecule has 512 valence electrons. The molecule has 14 rings (SSSR count). The topological polar surface area (TPSA) is 306 Å². The fourth-order valence-electron chi connectivity index (χ4n) is 9.89. The van der Waals surface area contributed by atoms with E-state index in [-0.39, 0.29) is 34.8 Å². The molecule has 2 aromatic heterocycles. The highest BCUT2D eigenvalue weighted by atomic mass is 19.2. The van der Waals surface area contributed by atoms with Gasteiger partial charge in [-0.15, -0.1) is 0 Å². The fourth-order valence-corrected chi connectivity index (χ4v) is 9.89. The second-order valence-electron chi connectivity index (χ2n) is 22.0. The quantitative estimate of drug-likeness (QED) is 0.0179. The van der Waals surface area contributed by atoms with Gasteiger partial charge in [-0.25, -0.2) is 49.1 Å². The highest BCUT2D eigenvalue weighted by molar-refractivity contribution is 6.35. The number of aldehydes is 1. The molecule has 29 heteroatoms. The van der Waals surface area contributed by atoms with Crippen molar-refractivity contribution >= 4 is 133 Å². The Morgan fingerprint density at radius 3 is 1.19 bits per heavy atom. The van der Waals surface area contributed by atoms with Gasteiger partial charge in [-0.1, -0.05) is 36.4 Å². The molecule has 0 atom stereocenters. The van der Waals surface area contributed by atoms with Crippen molar-refractivity contribution in [2.75, 3.05) is 64.6 Å². The first-order valence-corrected chi connectivity index (χ1v) is 29.9. The molecular formula is C72H55F9N14O6. The van der Waals surface area contributed by atoms with Gasteiger partial charge >= 0.3 is 12.1 Å². The number of amides is 7. The molecule has 20 nitrogen and oxygen atoms in total. The van der Waals surface area contributed by atoms with Crippen molar-refractivity contribution in [2.24, 2.45) is 0 Å². The van der Waals surface area contributed by atoms with Crippen molar-refractivity contribution in [3.63, 3.8) is 0 Å². The predicted octanol–water partition coefficient (Wildman–Crippen LogP) is 16.3. The largest absolute Gasteiger partial charge is 0.399 e. The number of urea groups is 2. The number of aromatic amines is 2. The van der Waals surface area contributed by atoms with Crippen LogP contribution in [-0.2, 0) is 27.2 Å². The zero-order valence-electron chi connectivity index (χ0n) is 52.1. The maximum Gasteiger partial charge on any atom is 0.323 e. The fraction of sp³-hybridized carbons (Fsp3) is 0.0278. The minimum absolute atomic E-state index is 0.0473. The number of fused-ring (bicyclic) bond motifs is 3. The van der Waals surface area contributed by atoms with Gasteiger partial charge in [0.15, 0.2) is 58.6 Å². The van der Waals surface area contributed by atoms with Gasteiger partial charge in [0.2, 0.25) is 11.8 Å². The number of nitrogens with one attached hydrogen (secondary N) is 12. The third kappa shape index (κ3) is 19.1. The van der Waals surface area contributed by atoms with Crippen LogP contribution in [0.5, 0.6) is 0 Å². The van der Waals surface area contributed by atoms with E-state index in [1.165, 1.54) is 0 Å². The minimum Gasteiger partial charge on any atom is -0.399 e. The Morgan fingerprint density at radius 1 is 0.376 bits per heavy atom. The van der Waals surface area contributed by atoms with Gasteiger partial charge in [0.05, 0.1) is 29.8 Å². The van der Waals surface area contributed by atoms with Crippen LogP contribution in [0.3, 0.4) is 0 Å². The maximum absolute atomic E-state index is 13.4. The van der Waals surface area contributed by atoms with Crippen LogP contribution in [0.25, 0.3) is 11.6 Å². The normalized spacial score (nSPS) is 12.2. The zero-order chi connectivity index (χ0) is 71.9. The average molecular weight is 1380 g/mol. The summed E-state index contributed by atoms with van der Waals surface area (Å²) >= 11 is 0. The third-order valence-corrected chi connectivity index (χ3v) is 14.4. The van der Waals surface area contributed by atoms with E-state index >= 15 is 0 Å². The van der Waals surface area contributed by atoms with E-state index in [4.69, 9.17) is 11.5 Å². The molecule has 0 spiro atoms. The molecule has 101 heavy (non-hydrogen) atoms. The monoisotopic (exact) mass is 1380 g/mol. The molecule has 0 unspecified atom stereocenters. The molecule has 16 N–H and O–H groups in total. The number of aromatic nitrogens is 2. The van der Waals surface area contributed by atoms with Crippen molar-refractivity contribution in [3.8, 4) is 0 Å². The standard InChI is InChI=1S/C26H18F3N5O2.C21H15F3N4O2.C14H13N3O.C6H4F3N.C5H5NO/c27-21-11-18(12-22(28)24(21)29)33-26(36)32-16-4-1-3-15(9-16)31-17-6-7-19-20(10-14-5-2-8-30-14)25(35)34-23(19)13-17;22-16-8-15(9-17(23)20(16)24)27-21(30)26-13-3-1-2-12(7-13)25-14-5-4-11-6-19(29)28-18(11)10-14;15-10-2-1-3-11(7-10)16-12-5-4-9-6-14(18)17-13(9)8-12;7-4-1-3(10)2-5(8)6(4)9;7-4-5-2-1-3-6-5/h1-13,30-31H,(H,34,35)(H2,32,33,36);1-5,7-10,25H,6H2,(H,28,29)(H2,26,27,30);1-5,7-8,16H,6,15H2,(H,17,18);1-2H,10H2;1-4,6H/b20-10-;;;;. The first-order chi connectivity index (χ1) is 48.5. The number of nitrogens with two attached hydrogens (primary N) is 2. The van der Waals surface area contributed by atoms with Gasteiger partial charge < -0.3 is 74.6 Å². The molecule has 0 saturated carbocycles.